The highest BCUT2D eigenvalue weighted by Crippen LogP contribution is 2.20. The van der Waals surface area contributed by atoms with Crippen LogP contribution in [-0.2, 0) is 14.6 Å². The van der Waals surface area contributed by atoms with Crippen molar-refractivity contribution in [3.8, 4) is 0 Å². The minimum Gasteiger partial charge on any atom is -0.354 e. The van der Waals surface area contributed by atoms with Crippen molar-refractivity contribution in [1.29, 1.82) is 0 Å². The van der Waals surface area contributed by atoms with Crippen molar-refractivity contribution in [2.24, 2.45) is 5.41 Å². The van der Waals surface area contributed by atoms with Crippen molar-refractivity contribution in [3.63, 3.8) is 0 Å². The maximum atomic E-state index is 11.8. The molecule has 1 rings (SSSR count). The highest BCUT2D eigenvalue weighted by atomic mass is 35.5. The smallest absolute Gasteiger partial charge is 0.238 e. The van der Waals surface area contributed by atoms with E-state index in [0.29, 0.717) is 25.3 Å². The predicted octanol–water partition coefficient (Wildman–Crippen LogP) is 1.33. The van der Waals surface area contributed by atoms with Crippen molar-refractivity contribution in [3.05, 3.63) is 0 Å². The second kappa shape index (κ2) is 5.57. The first-order chi connectivity index (χ1) is 7.78. The predicted molar refractivity (Wildman–Crippen MR) is 68.9 cm³/mol. The Balaban J connectivity index is 2.58. The molecule has 1 N–H and O–H groups in total. The average molecular weight is 282 g/mol. The van der Waals surface area contributed by atoms with Gasteiger partial charge < -0.3 is 5.32 Å². The summed E-state index contributed by atoms with van der Waals surface area (Å²) in [6.07, 6.45) is 1.91. The molecule has 1 aliphatic heterocycles. The third kappa shape index (κ3) is 4.14. The van der Waals surface area contributed by atoms with Crippen molar-refractivity contribution in [2.75, 3.05) is 18.2 Å². The molecule has 17 heavy (non-hydrogen) atoms. The molecule has 100 valence electrons. The van der Waals surface area contributed by atoms with Gasteiger partial charge in [-0.25, -0.2) is 8.42 Å². The van der Waals surface area contributed by atoms with E-state index in [-0.39, 0.29) is 17.1 Å². The van der Waals surface area contributed by atoms with Crippen LogP contribution in [0, 0.1) is 5.41 Å². The number of alkyl halides is 1. The molecule has 1 saturated heterocycles. The van der Waals surface area contributed by atoms with Gasteiger partial charge in [0.25, 0.3) is 0 Å². The van der Waals surface area contributed by atoms with E-state index < -0.39 is 15.1 Å². The van der Waals surface area contributed by atoms with Gasteiger partial charge in [0.2, 0.25) is 5.91 Å². The Morgan fingerprint density at radius 2 is 2.06 bits per heavy atom. The van der Waals surface area contributed by atoms with Crippen molar-refractivity contribution in [1.82, 2.24) is 5.32 Å². The maximum absolute atomic E-state index is 11.8. The van der Waals surface area contributed by atoms with Gasteiger partial charge in [-0.2, -0.15) is 0 Å². The fraction of sp³-hybridized carbons (Fsp3) is 0.909. The van der Waals surface area contributed by atoms with Crippen LogP contribution < -0.4 is 5.32 Å². The summed E-state index contributed by atoms with van der Waals surface area (Å²) in [7, 11) is -3.24. The van der Waals surface area contributed by atoms with Crippen LogP contribution in [0.1, 0.15) is 33.1 Å². The number of amides is 1. The quantitative estimate of drug-likeness (QED) is 0.791. The van der Waals surface area contributed by atoms with Crippen LogP contribution >= 0.6 is 11.6 Å². The number of hydrogen-bond acceptors (Lipinski definition) is 3. The monoisotopic (exact) mass is 281 g/mol. The number of nitrogens with one attached hydrogen (secondary N) is 1. The summed E-state index contributed by atoms with van der Waals surface area (Å²) in [5.41, 5.74) is -0.213. The molecule has 0 bridgehead atoms. The molecular weight excluding hydrogens is 262 g/mol. The van der Waals surface area contributed by atoms with E-state index >= 15 is 0 Å². The van der Waals surface area contributed by atoms with Gasteiger partial charge in [0.15, 0.2) is 9.84 Å². The zero-order valence-corrected chi connectivity index (χ0v) is 11.9. The molecule has 1 fully saturated rings. The number of halogens is 1. The molecule has 1 heterocycles. The molecule has 1 aliphatic rings. The maximum Gasteiger partial charge on any atom is 0.238 e. The van der Waals surface area contributed by atoms with E-state index in [0.717, 1.165) is 6.42 Å². The number of sulfone groups is 1. The molecule has 0 aromatic carbocycles. The molecule has 0 radical (unpaired) electrons. The molecular formula is C11H20ClNO3S. The third-order valence-corrected chi connectivity index (χ3v) is 5.87. The molecule has 0 aliphatic carbocycles. The van der Waals surface area contributed by atoms with Crippen molar-refractivity contribution >= 4 is 27.3 Å². The van der Waals surface area contributed by atoms with E-state index in [1.54, 1.807) is 0 Å². The molecule has 1 amide bonds. The lowest BCUT2D eigenvalue weighted by molar-refractivity contribution is -0.121. The summed E-state index contributed by atoms with van der Waals surface area (Å²) in [5, 5.41) is 1.84. The Morgan fingerprint density at radius 1 is 1.41 bits per heavy atom. The van der Waals surface area contributed by atoms with Crippen LogP contribution in [0.3, 0.4) is 0 Å². The van der Waals surface area contributed by atoms with Gasteiger partial charge >= 0.3 is 0 Å². The van der Waals surface area contributed by atoms with Crippen molar-refractivity contribution < 1.29 is 13.2 Å². The highest BCUT2D eigenvalue weighted by molar-refractivity contribution is 7.92. The van der Waals surface area contributed by atoms with Crippen LogP contribution in [-0.4, -0.2) is 37.8 Å². The van der Waals surface area contributed by atoms with Crippen LogP contribution in [0.4, 0.5) is 0 Å². The summed E-state index contributed by atoms with van der Waals surface area (Å²) in [4.78, 5) is 11.8. The Labute approximate surface area is 108 Å². The first kappa shape index (κ1) is 14.8. The van der Waals surface area contributed by atoms with E-state index in [1.807, 2.05) is 13.8 Å². The largest absolute Gasteiger partial charge is 0.354 e. The zero-order valence-electron chi connectivity index (χ0n) is 10.3. The third-order valence-electron chi connectivity index (χ3n) is 2.97. The van der Waals surface area contributed by atoms with Crippen LogP contribution in [0.15, 0.2) is 0 Å². The summed E-state index contributed by atoms with van der Waals surface area (Å²) in [6.45, 7) is 4.26. The number of hydrogen-bond donors (Lipinski definition) is 1. The minimum atomic E-state index is -3.24. The lowest BCUT2D eigenvalue weighted by Gasteiger charge is -2.25. The number of carbonyl (C=O) groups is 1. The summed E-state index contributed by atoms with van der Waals surface area (Å²) in [6, 6.07) is 0. The zero-order chi connectivity index (χ0) is 13.1. The average Bonchev–Trinajstić information content (AvgIpc) is 2.25. The summed E-state index contributed by atoms with van der Waals surface area (Å²) < 4.78 is 23.5. The normalized spacial score (nSPS) is 24.3. The molecule has 0 aromatic heterocycles. The Morgan fingerprint density at radius 3 is 2.59 bits per heavy atom. The fourth-order valence-corrected chi connectivity index (χ4v) is 3.66. The molecule has 6 heteroatoms. The Bertz CT molecular complexity index is 378. The van der Waals surface area contributed by atoms with Gasteiger partial charge in [-0.05, 0) is 18.3 Å². The molecule has 1 unspecified atom stereocenters. The van der Waals surface area contributed by atoms with E-state index in [9.17, 15) is 13.2 Å². The van der Waals surface area contributed by atoms with Crippen molar-refractivity contribution in [2.45, 2.75) is 38.4 Å². The van der Waals surface area contributed by atoms with Crippen LogP contribution in [0.25, 0.3) is 0 Å². The van der Waals surface area contributed by atoms with E-state index in [1.165, 1.54) is 0 Å². The van der Waals surface area contributed by atoms with Crippen LogP contribution in [0.5, 0.6) is 0 Å². The van der Waals surface area contributed by atoms with Gasteiger partial charge in [0.05, 0.1) is 5.75 Å². The first-order valence-electron chi connectivity index (χ1n) is 5.84. The number of rotatable bonds is 4. The van der Waals surface area contributed by atoms with E-state index in [2.05, 4.69) is 5.32 Å². The molecule has 0 aromatic rings. The minimum absolute atomic E-state index is 0.129. The number of carbonyl (C=O) groups excluding carboxylic acids is 1. The second-order valence-corrected chi connectivity index (χ2v) is 7.94. The van der Waals surface area contributed by atoms with Crippen LogP contribution in [0.2, 0.25) is 0 Å². The molecule has 1 atom stereocenters. The summed E-state index contributed by atoms with van der Waals surface area (Å²) >= 11 is 5.75. The Kier molecular flexibility index (Phi) is 4.84. The molecule has 0 saturated carbocycles. The second-order valence-electron chi connectivity index (χ2n) is 5.37. The summed E-state index contributed by atoms with van der Waals surface area (Å²) in [5.74, 6) is 0.178. The lowest BCUT2D eigenvalue weighted by Crippen LogP contribution is -2.45. The standard InChI is InChI=1S/C11H20ClNO3S/c1-11(2,7-12)8-13-10(14)9-5-3-4-6-17(9,15)16/h9H,3-8H2,1-2H3,(H,13,14). The van der Waals surface area contributed by atoms with Gasteiger partial charge in [-0.3, -0.25) is 4.79 Å². The molecule has 0 spiro atoms. The molecule has 4 nitrogen and oxygen atoms in total. The fourth-order valence-electron chi connectivity index (χ4n) is 1.74. The topological polar surface area (TPSA) is 63.2 Å². The SMILES string of the molecule is CC(C)(CCl)CNC(=O)C1CCCCS1(=O)=O. The van der Waals surface area contributed by atoms with Gasteiger partial charge in [-0.1, -0.05) is 20.3 Å². The first-order valence-corrected chi connectivity index (χ1v) is 8.09. The van der Waals surface area contributed by atoms with Gasteiger partial charge in [0.1, 0.15) is 5.25 Å². The highest BCUT2D eigenvalue weighted by Gasteiger charge is 2.35. The van der Waals surface area contributed by atoms with E-state index in [4.69, 9.17) is 11.6 Å². The lowest BCUT2D eigenvalue weighted by atomic mass is 9.96. The van der Waals surface area contributed by atoms with Gasteiger partial charge in [-0.15, -0.1) is 11.6 Å². The van der Waals surface area contributed by atoms with Gasteiger partial charge in [0, 0.05) is 12.4 Å². The Hall–Kier alpha value is -0.290.